The SMILES string of the molecule is Cc1cc(CNC(=O)c2cncc(C(=O)NCc3ccc(F)c(C)c3)c2)ccc1F. The van der Waals surface area contributed by atoms with Gasteiger partial charge in [0.2, 0.25) is 0 Å². The second-order valence-corrected chi connectivity index (χ2v) is 6.99. The van der Waals surface area contributed by atoms with E-state index in [4.69, 9.17) is 0 Å². The van der Waals surface area contributed by atoms with Crippen LogP contribution >= 0.6 is 0 Å². The predicted molar refractivity (Wildman–Crippen MR) is 109 cm³/mol. The van der Waals surface area contributed by atoms with E-state index in [1.165, 1.54) is 30.6 Å². The minimum absolute atomic E-state index is 0.223. The van der Waals surface area contributed by atoms with Crippen molar-refractivity contribution in [1.29, 1.82) is 0 Å². The molecule has 0 saturated carbocycles. The highest BCUT2D eigenvalue weighted by Gasteiger charge is 2.12. The van der Waals surface area contributed by atoms with Gasteiger partial charge >= 0.3 is 0 Å². The lowest BCUT2D eigenvalue weighted by Gasteiger charge is -2.09. The molecule has 2 aromatic carbocycles. The minimum Gasteiger partial charge on any atom is -0.348 e. The Kier molecular flexibility index (Phi) is 6.51. The summed E-state index contributed by atoms with van der Waals surface area (Å²) in [7, 11) is 0. The Labute approximate surface area is 173 Å². The molecular weight excluding hydrogens is 388 g/mol. The van der Waals surface area contributed by atoms with Gasteiger partial charge in [-0.15, -0.1) is 0 Å². The average Bonchev–Trinajstić information content (AvgIpc) is 2.75. The van der Waals surface area contributed by atoms with E-state index in [1.807, 2.05) is 0 Å². The number of halogens is 2. The number of carbonyl (C=O) groups excluding carboxylic acids is 2. The first-order valence-corrected chi connectivity index (χ1v) is 9.35. The zero-order valence-corrected chi connectivity index (χ0v) is 16.6. The fourth-order valence-electron chi connectivity index (χ4n) is 2.89. The van der Waals surface area contributed by atoms with Crippen LogP contribution in [0.3, 0.4) is 0 Å². The molecule has 5 nitrogen and oxygen atoms in total. The molecule has 30 heavy (non-hydrogen) atoms. The topological polar surface area (TPSA) is 71.1 Å². The molecule has 0 spiro atoms. The predicted octanol–water partition coefficient (Wildman–Crippen LogP) is 3.84. The van der Waals surface area contributed by atoms with Crippen molar-refractivity contribution >= 4 is 11.8 Å². The van der Waals surface area contributed by atoms with Gasteiger partial charge < -0.3 is 10.6 Å². The molecule has 3 rings (SSSR count). The van der Waals surface area contributed by atoms with Crippen LogP contribution in [0, 0.1) is 25.5 Å². The Bertz CT molecular complexity index is 1020. The molecule has 154 valence electrons. The summed E-state index contributed by atoms with van der Waals surface area (Å²) < 4.78 is 26.7. The number of carbonyl (C=O) groups is 2. The van der Waals surface area contributed by atoms with Crippen molar-refractivity contribution in [3.63, 3.8) is 0 Å². The van der Waals surface area contributed by atoms with E-state index in [1.54, 1.807) is 38.1 Å². The lowest BCUT2D eigenvalue weighted by atomic mass is 10.1. The molecule has 0 fully saturated rings. The summed E-state index contributed by atoms with van der Waals surface area (Å²) in [6.07, 6.45) is 2.73. The van der Waals surface area contributed by atoms with Crippen molar-refractivity contribution in [2.75, 3.05) is 0 Å². The number of aryl methyl sites for hydroxylation is 2. The highest BCUT2D eigenvalue weighted by atomic mass is 19.1. The molecule has 2 N–H and O–H groups in total. The van der Waals surface area contributed by atoms with Gasteiger partial charge in [-0.3, -0.25) is 14.6 Å². The molecule has 1 aromatic heterocycles. The molecule has 3 aromatic rings. The van der Waals surface area contributed by atoms with Crippen molar-refractivity contribution in [3.8, 4) is 0 Å². The van der Waals surface area contributed by atoms with Crippen LogP contribution in [-0.4, -0.2) is 16.8 Å². The van der Waals surface area contributed by atoms with E-state index in [9.17, 15) is 18.4 Å². The Hall–Kier alpha value is -3.61. The lowest BCUT2D eigenvalue weighted by Crippen LogP contribution is -2.25. The molecule has 0 bridgehead atoms. The van der Waals surface area contributed by atoms with Crippen molar-refractivity contribution < 1.29 is 18.4 Å². The Morgan fingerprint density at radius 2 is 1.20 bits per heavy atom. The number of rotatable bonds is 6. The summed E-state index contributed by atoms with van der Waals surface area (Å²) in [6, 6.07) is 10.7. The monoisotopic (exact) mass is 409 g/mol. The molecule has 7 heteroatoms. The second kappa shape index (κ2) is 9.26. The Morgan fingerprint density at radius 3 is 1.60 bits per heavy atom. The molecule has 0 atom stereocenters. The summed E-state index contributed by atoms with van der Waals surface area (Å²) in [5.41, 5.74) is 2.99. The quantitative estimate of drug-likeness (QED) is 0.650. The van der Waals surface area contributed by atoms with Crippen LogP contribution in [-0.2, 0) is 13.1 Å². The molecule has 0 unspecified atom stereocenters. The van der Waals surface area contributed by atoms with Crippen LogP contribution in [0.5, 0.6) is 0 Å². The number of amides is 2. The van der Waals surface area contributed by atoms with E-state index in [-0.39, 0.29) is 35.9 Å². The highest BCUT2D eigenvalue weighted by molar-refractivity contribution is 5.99. The number of hydrogen-bond acceptors (Lipinski definition) is 3. The first-order valence-electron chi connectivity index (χ1n) is 9.35. The molecule has 0 aliphatic rings. The lowest BCUT2D eigenvalue weighted by molar-refractivity contribution is 0.0950. The number of aromatic nitrogens is 1. The molecule has 1 heterocycles. The van der Waals surface area contributed by atoms with Crippen LogP contribution in [0.15, 0.2) is 54.9 Å². The van der Waals surface area contributed by atoms with E-state index in [0.29, 0.717) is 11.1 Å². The van der Waals surface area contributed by atoms with Gasteiger partial charge in [-0.05, 0) is 54.3 Å². The number of pyridine rings is 1. The standard InChI is InChI=1S/C23H21F2N3O2/c1-14-7-16(3-5-20(14)24)10-27-22(29)18-9-19(13-26-12-18)23(30)28-11-17-4-6-21(25)15(2)8-17/h3-9,12-13H,10-11H2,1-2H3,(H,27,29)(H,28,30). The maximum absolute atomic E-state index is 13.3. The third-order valence-corrected chi connectivity index (χ3v) is 4.61. The third kappa shape index (κ3) is 5.26. The fourth-order valence-corrected chi connectivity index (χ4v) is 2.89. The van der Waals surface area contributed by atoms with Gasteiger partial charge in [0.1, 0.15) is 11.6 Å². The van der Waals surface area contributed by atoms with E-state index < -0.39 is 11.8 Å². The minimum atomic E-state index is -0.395. The van der Waals surface area contributed by atoms with E-state index >= 15 is 0 Å². The van der Waals surface area contributed by atoms with Crippen LogP contribution < -0.4 is 10.6 Å². The zero-order chi connectivity index (χ0) is 21.7. The van der Waals surface area contributed by atoms with Crippen molar-refractivity contribution in [2.24, 2.45) is 0 Å². The Morgan fingerprint density at radius 1 is 0.767 bits per heavy atom. The smallest absolute Gasteiger partial charge is 0.253 e. The zero-order valence-electron chi connectivity index (χ0n) is 16.6. The first kappa shape index (κ1) is 21.1. The largest absolute Gasteiger partial charge is 0.348 e. The second-order valence-electron chi connectivity index (χ2n) is 6.99. The number of benzene rings is 2. The normalized spacial score (nSPS) is 10.5. The van der Waals surface area contributed by atoms with Gasteiger partial charge in [0.25, 0.3) is 11.8 Å². The fraction of sp³-hybridized carbons (Fsp3) is 0.174. The maximum atomic E-state index is 13.3. The Balaban J connectivity index is 1.61. The number of nitrogens with one attached hydrogen (secondary N) is 2. The van der Waals surface area contributed by atoms with Crippen molar-refractivity contribution in [2.45, 2.75) is 26.9 Å². The molecule has 0 saturated heterocycles. The van der Waals surface area contributed by atoms with Gasteiger partial charge in [0.15, 0.2) is 0 Å². The van der Waals surface area contributed by atoms with Crippen molar-refractivity contribution in [3.05, 3.63) is 99.9 Å². The molecule has 2 amide bonds. The van der Waals surface area contributed by atoms with E-state index in [0.717, 1.165) is 11.1 Å². The summed E-state index contributed by atoms with van der Waals surface area (Å²) in [5, 5.41) is 5.46. The van der Waals surface area contributed by atoms with Crippen LogP contribution in [0.2, 0.25) is 0 Å². The average molecular weight is 409 g/mol. The van der Waals surface area contributed by atoms with Gasteiger partial charge in [-0.25, -0.2) is 8.78 Å². The summed E-state index contributed by atoms with van der Waals surface area (Å²) in [6.45, 7) is 3.75. The van der Waals surface area contributed by atoms with Gasteiger partial charge in [-0.2, -0.15) is 0 Å². The van der Waals surface area contributed by atoms with Crippen LogP contribution in [0.1, 0.15) is 43.0 Å². The van der Waals surface area contributed by atoms with Crippen LogP contribution in [0.25, 0.3) is 0 Å². The van der Waals surface area contributed by atoms with E-state index in [2.05, 4.69) is 15.6 Å². The van der Waals surface area contributed by atoms with Gasteiger partial charge in [0.05, 0.1) is 11.1 Å². The third-order valence-electron chi connectivity index (χ3n) is 4.61. The molecule has 0 aliphatic carbocycles. The molecule has 0 radical (unpaired) electrons. The first-order chi connectivity index (χ1) is 14.3. The van der Waals surface area contributed by atoms with Crippen molar-refractivity contribution in [1.82, 2.24) is 15.6 Å². The van der Waals surface area contributed by atoms with Gasteiger partial charge in [-0.1, -0.05) is 24.3 Å². The summed E-state index contributed by atoms with van der Waals surface area (Å²) in [5.74, 6) is -1.39. The molecule has 0 aliphatic heterocycles. The molecular formula is C23H21F2N3O2. The maximum Gasteiger partial charge on any atom is 0.253 e. The van der Waals surface area contributed by atoms with Gasteiger partial charge in [0, 0.05) is 25.5 Å². The number of nitrogens with zero attached hydrogens (tertiary/aromatic N) is 1. The van der Waals surface area contributed by atoms with Crippen LogP contribution in [0.4, 0.5) is 8.78 Å². The number of hydrogen-bond donors (Lipinski definition) is 2. The summed E-state index contributed by atoms with van der Waals surface area (Å²) >= 11 is 0. The highest BCUT2D eigenvalue weighted by Crippen LogP contribution is 2.11. The summed E-state index contributed by atoms with van der Waals surface area (Å²) in [4.78, 5) is 28.8.